The van der Waals surface area contributed by atoms with E-state index < -0.39 is 28.5 Å². The second kappa shape index (κ2) is 10.8. The largest absolute Gasteiger partial charge is 0.497 e. The summed E-state index contributed by atoms with van der Waals surface area (Å²) in [4.78, 5) is 13.1. The van der Waals surface area contributed by atoms with Gasteiger partial charge in [0.1, 0.15) is 18.0 Å². The van der Waals surface area contributed by atoms with Gasteiger partial charge in [-0.25, -0.2) is 8.42 Å². The number of anilines is 1. The standard InChI is InChI=1S/C25H27ClN2O5S/c1-17-7-5-6-8-23(17)28(34(30,31)21-12-9-19(26)10-13-21)16-25(29)27-18(2)22-15-20(32-3)11-14-24(22)33-4/h5-15,18H,16H2,1-4H3,(H,27,29)/t18-/m0/s1. The molecule has 34 heavy (non-hydrogen) atoms. The molecule has 0 fully saturated rings. The first-order valence-corrected chi connectivity index (χ1v) is 12.3. The maximum atomic E-state index is 13.5. The van der Waals surface area contributed by atoms with Crippen molar-refractivity contribution in [2.24, 2.45) is 0 Å². The molecule has 0 saturated heterocycles. The minimum atomic E-state index is -4.04. The number of hydrogen-bond acceptors (Lipinski definition) is 5. The summed E-state index contributed by atoms with van der Waals surface area (Å²) in [5.41, 5.74) is 1.84. The second-order valence-corrected chi connectivity index (χ2v) is 9.95. The summed E-state index contributed by atoms with van der Waals surface area (Å²) in [7, 11) is -0.951. The Morgan fingerprint density at radius 2 is 1.71 bits per heavy atom. The predicted octanol–water partition coefficient (Wildman–Crippen LogP) is 4.74. The van der Waals surface area contributed by atoms with E-state index in [2.05, 4.69) is 5.32 Å². The Labute approximate surface area is 205 Å². The van der Waals surface area contributed by atoms with Gasteiger partial charge in [-0.15, -0.1) is 0 Å². The van der Waals surface area contributed by atoms with Gasteiger partial charge in [0, 0.05) is 10.6 Å². The third-order valence-electron chi connectivity index (χ3n) is 5.35. The predicted molar refractivity (Wildman–Crippen MR) is 133 cm³/mol. The van der Waals surface area contributed by atoms with Gasteiger partial charge in [-0.05, 0) is 67.9 Å². The summed E-state index contributed by atoms with van der Waals surface area (Å²) >= 11 is 5.94. The van der Waals surface area contributed by atoms with Crippen LogP contribution in [-0.2, 0) is 14.8 Å². The molecule has 1 N–H and O–H groups in total. The molecule has 0 radical (unpaired) electrons. The minimum absolute atomic E-state index is 0.0375. The number of aryl methyl sites for hydroxylation is 1. The number of sulfonamides is 1. The zero-order valence-electron chi connectivity index (χ0n) is 19.4. The molecule has 0 aliphatic heterocycles. The second-order valence-electron chi connectivity index (χ2n) is 7.65. The summed E-state index contributed by atoms with van der Waals surface area (Å²) in [6.45, 7) is 3.18. The molecule has 0 aliphatic rings. The molecule has 1 atom stereocenters. The zero-order valence-corrected chi connectivity index (χ0v) is 21.0. The van der Waals surface area contributed by atoms with E-state index in [1.807, 2.05) is 6.07 Å². The van der Waals surface area contributed by atoms with E-state index in [0.29, 0.717) is 27.8 Å². The number of halogens is 1. The molecular formula is C25H27ClN2O5S. The van der Waals surface area contributed by atoms with Gasteiger partial charge >= 0.3 is 0 Å². The van der Waals surface area contributed by atoms with Crippen LogP contribution in [0.3, 0.4) is 0 Å². The lowest BCUT2D eigenvalue weighted by Gasteiger charge is -2.26. The number of hydrogen-bond donors (Lipinski definition) is 1. The molecule has 3 aromatic carbocycles. The molecule has 9 heteroatoms. The van der Waals surface area contributed by atoms with E-state index in [9.17, 15) is 13.2 Å². The Hall–Kier alpha value is -3.23. The smallest absolute Gasteiger partial charge is 0.264 e. The minimum Gasteiger partial charge on any atom is -0.497 e. The van der Waals surface area contributed by atoms with Gasteiger partial charge in [0.05, 0.1) is 30.8 Å². The molecular weight excluding hydrogens is 476 g/mol. The van der Waals surface area contributed by atoms with Crippen LogP contribution in [0.25, 0.3) is 0 Å². The van der Waals surface area contributed by atoms with E-state index in [1.165, 1.54) is 24.3 Å². The fourth-order valence-corrected chi connectivity index (χ4v) is 5.16. The first kappa shape index (κ1) is 25.4. The number of ether oxygens (including phenoxy) is 2. The van der Waals surface area contributed by atoms with Gasteiger partial charge in [-0.2, -0.15) is 0 Å². The number of carbonyl (C=O) groups excluding carboxylic acids is 1. The maximum Gasteiger partial charge on any atom is 0.264 e. The monoisotopic (exact) mass is 502 g/mol. The van der Waals surface area contributed by atoms with Crippen LogP contribution < -0.4 is 19.1 Å². The van der Waals surface area contributed by atoms with Crippen molar-refractivity contribution in [3.63, 3.8) is 0 Å². The lowest BCUT2D eigenvalue weighted by molar-refractivity contribution is -0.120. The molecule has 7 nitrogen and oxygen atoms in total. The third kappa shape index (κ3) is 5.63. The van der Waals surface area contributed by atoms with Gasteiger partial charge < -0.3 is 14.8 Å². The molecule has 0 heterocycles. The molecule has 0 aliphatic carbocycles. The van der Waals surface area contributed by atoms with E-state index in [-0.39, 0.29) is 4.90 Å². The maximum absolute atomic E-state index is 13.5. The summed E-state index contributed by atoms with van der Waals surface area (Å²) in [6.07, 6.45) is 0. The Bertz CT molecular complexity index is 1260. The van der Waals surface area contributed by atoms with Crippen LogP contribution in [0.5, 0.6) is 11.5 Å². The molecule has 0 aromatic heterocycles. The van der Waals surface area contributed by atoms with Crippen molar-refractivity contribution in [3.05, 3.63) is 82.9 Å². The average Bonchev–Trinajstić information content (AvgIpc) is 2.82. The number of para-hydroxylation sites is 1. The van der Waals surface area contributed by atoms with Crippen LogP contribution in [0, 0.1) is 6.92 Å². The van der Waals surface area contributed by atoms with Crippen LogP contribution in [0.2, 0.25) is 5.02 Å². The molecule has 1 amide bonds. The first-order chi connectivity index (χ1) is 16.2. The van der Waals surface area contributed by atoms with E-state index >= 15 is 0 Å². The lowest BCUT2D eigenvalue weighted by Crippen LogP contribution is -2.42. The molecule has 180 valence electrons. The fraction of sp³-hybridized carbons (Fsp3) is 0.240. The number of benzene rings is 3. The molecule has 3 aromatic rings. The van der Waals surface area contributed by atoms with Crippen LogP contribution in [0.15, 0.2) is 71.6 Å². The molecule has 0 saturated carbocycles. The normalized spacial score (nSPS) is 12.0. The van der Waals surface area contributed by atoms with Gasteiger partial charge in [-0.3, -0.25) is 9.10 Å². The molecule has 0 bridgehead atoms. The first-order valence-electron chi connectivity index (χ1n) is 10.5. The fourth-order valence-electron chi connectivity index (χ4n) is 3.55. The lowest BCUT2D eigenvalue weighted by atomic mass is 10.1. The highest BCUT2D eigenvalue weighted by atomic mass is 35.5. The number of carbonyl (C=O) groups is 1. The van der Waals surface area contributed by atoms with Crippen molar-refractivity contribution in [3.8, 4) is 11.5 Å². The van der Waals surface area contributed by atoms with Crippen LogP contribution >= 0.6 is 11.6 Å². The van der Waals surface area contributed by atoms with Crippen LogP contribution in [0.4, 0.5) is 5.69 Å². The summed E-state index contributed by atoms with van der Waals surface area (Å²) in [6, 6.07) is 17.7. The topological polar surface area (TPSA) is 84.9 Å². The van der Waals surface area contributed by atoms with Crippen molar-refractivity contribution in [2.75, 3.05) is 25.1 Å². The van der Waals surface area contributed by atoms with Crippen molar-refractivity contribution >= 4 is 33.2 Å². The van der Waals surface area contributed by atoms with Gasteiger partial charge in [0.2, 0.25) is 5.91 Å². The highest BCUT2D eigenvalue weighted by Crippen LogP contribution is 2.30. The van der Waals surface area contributed by atoms with Gasteiger partial charge in [0.25, 0.3) is 10.0 Å². The highest BCUT2D eigenvalue weighted by molar-refractivity contribution is 7.92. The Balaban J connectivity index is 1.92. The van der Waals surface area contributed by atoms with E-state index in [1.54, 1.807) is 64.5 Å². The Morgan fingerprint density at radius 1 is 1.03 bits per heavy atom. The number of rotatable bonds is 9. The van der Waals surface area contributed by atoms with Crippen molar-refractivity contribution in [1.29, 1.82) is 0 Å². The van der Waals surface area contributed by atoms with Crippen molar-refractivity contribution < 1.29 is 22.7 Å². The van der Waals surface area contributed by atoms with Crippen LogP contribution in [-0.4, -0.2) is 35.1 Å². The highest BCUT2D eigenvalue weighted by Gasteiger charge is 2.29. The number of nitrogens with zero attached hydrogens (tertiary/aromatic N) is 1. The molecule has 3 rings (SSSR count). The number of methoxy groups -OCH3 is 2. The summed E-state index contributed by atoms with van der Waals surface area (Å²) in [5, 5.41) is 3.29. The Morgan fingerprint density at radius 3 is 2.32 bits per heavy atom. The quantitative estimate of drug-likeness (QED) is 0.457. The summed E-state index contributed by atoms with van der Waals surface area (Å²) in [5.74, 6) is 0.722. The van der Waals surface area contributed by atoms with Crippen LogP contribution in [0.1, 0.15) is 24.1 Å². The SMILES string of the molecule is COc1ccc(OC)c([C@H](C)NC(=O)CN(c2ccccc2C)S(=O)(=O)c2ccc(Cl)cc2)c1. The number of nitrogens with one attached hydrogen (secondary N) is 1. The van der Waals surface area contributed by atoms with E-state index in [4.69, 9.17) is 21.1 Å². The van der Waals surface area contributed by atoms with Gasteiger partial charge in [-0.1, -0.05) is 29.8 Å². The van der Waals surface area contributed by atoms with E-state index in [0.717, 1.165) is 9.87 Å². The Kier molecular flexibility index (Phi) is 8.06. The molecule has 0 unspecified atom stereocenters. The molecule has 0 spiro atoms. The van der Waals surface area contributed by atoms with Gasteiger partial charge in [0.15, 0.2) is 0 Å². The van der Waals surface area contributed by atoms with Crippen molar-refractivity contribution in [2.45, 2.75) is 24.8 Å². The summed E-state index contributed by atoms with van der Waals surface area (Å²) < 4.78 is 38.9. The average molecular weight is 503 g/mol. The third-order valence-corrected chi connectivity index (χ3v) is 7.38. The zero-order chi connectivity index (χ0) is 24.9. The number of amides is 1. The van der Waals surface area contributed by atoms with Crippen molar-refractivity contribution in [1.82, 2.24) is 5.32 Å².